The molecule has 3 heteroatoms. The SMILES string of the molecule is CNC(c1ccoc1)c1cc(C)nc(C)c1. The van der Waals surface area contributed by atoms with E-state index in [4.69, 9.17) is 4.42 Å². The Bertz CT molecular complexity index is 443. The highest BCUT2D eigenvalue weighted by Crippen LogP contribution is 2.22. The predicted molar refractivity (Wildman–Crippen MR) is 63.3 cm³/mol. The van der Waals surface area contributed by atoms with Crippen LogP contribution >= 0.6 is 0 Å². The number of rotatable bonds is 3. The van der Waals surface area contributed by atoms with Gasteiger partial charge in [0.2, 0.25) is 0 Å². The van der Waals surface area contributed by atoms with Gasteiger partial charge in [-0.15, -0.1) is 0 Å². The second-order valence-corrected chi connectivity index (χ2v) is 3.96. The van der Waals surface area contributed by atoms with Gasteiger partial charge >= 0.3 is 0 Å². The zero-order valence-electron chi connectivity index (χ0n) is 9.82. The summed E-state index contributed by atoms with van der Waals surface area (Å²) in [6.07, 6.45) is 3.47. The summed E-state index contributed by atoms with van der Waals surface area (Å²) in [7, 11) is 1.95. The van der Waals surface area contributed by atoms with Gasteiger partial charge in [0.05, 0.1) is 18.6 Å². The Hall–Kier alpha value is -1.61. The molecule has 2 heterocycles. The minimum atomic E-state index is 0.166. The van der Waals surface area contributed by atoms with E-state index in [0.717, 1.165) is 17.0 Å². The summed E-state index contributed by atoms with van der Waals surface area (Å²) in [6.45, 7) is 4.02. The van der Waals surface area contributed by atoms with Gasteiger partial charge < -0.3 is 9.73 Å². The second kappa shape index (κ2) is 4.49. The molecule has 0 spiro atoms. The third kappa shape index (κ3) is 2.14. The van der Waals surface area contributed by atoms with Crippen LogP contribution in [-0.4, -0.2) is 12.0 Å². The minimum Gasteiger partial charge on any atom is -0.472 e. The number of pyridine rings is 1. The molecule has 2 aromatic rings. The molecule has 0 saturated heterocycles. The quantitative estimate of drug-likeness (QED) is 0.857. The minimum absolute atomic E-state index is 0.166. The third-order valence-corrected chi connectivity index (χ3v) is 2.60. The summed E-state index contributed by atoms with van der Waals surface area (Å²) in [5.41, 5.74) is 4.43. The van der Waals surface area contributed by atoms with E-state index in [1.807, 2.05) is 27.0 Å². The monoisotopic (exact) mass is 216 g/mol. The summed E-state index contributed by atoms with van der Waals surface area (Å²) in [5.74, 6) is 0. The highest BCUT2D eigenvalue weighted by molar-refractivity contribution is 5.31. The molecule has 2 rings (SSSR count). The van der Waals surface area contributed by atoms with Crippen LogP contribution < -0.4 is 5.32 Å². The molecule has 3 nitrogen and oxygen atoms in total. The Labute approximate surface area is 95.5 Å². The first kappa shape index (κ1) is 10.9. The molecule has 1 unspecified atom stereocenters. The molecular weight excluding hydrogens is 200 g/mol. The number of nitrogens with zero attached hydrogens (tertiary/aromatic N) is 1. The second-order valence-electron chi connectivity index (χ2n) is 3.96. The lowest BCUT2D eigenvalue weighted by Crippen LogP contribution is -2.17. The van der Waals surface area contributed by atoms with Crippen molar-refractivity contribution < 1.29 is 4.42 Å². The van der Waals surface area contributed by atoms with E-state index < -0.39 is 0 Å². The predicted octanol–water partition coefficient (Wildman–Crippen LogP) is 2.60. The first-order chi connectivity index (χ1) is 7.70. The normalized spacial score (nSPS) is 12.7. The largest absolute Gasteiger partial charge is 0.472 e. The number of hydrogen-bond donors (Lipinski definition) is 1. The number of furan rings is 1. The molecule has 1 N–H and O–H groups in total. The molecule has 0 aliphatic heterocycles. The fourth-order valence-electron chi connectivity index (χ4n) is 2.00. The lowest BCUT2D eigenvalue weighted by molar-refractivity contribution is 0.557. The van der Waals surface area contributed by atoms with Crippen LogP contribution in [-0.2, 0) is 0 Å². The van der Waals surface area contributed by atoms with Crippen LogP contribution in [0.4, 0.5) is 0 Å². The highest BCUT2D eigenvalue weighted by Gasteiger charge is 2.13. The average Bonchev–Trinajstić information content (AvgIpc) is 2.70. The van der Waals surface area contributed by atoms with Gasteiger partial charge in [-0.3, -0.25) is 4.98 Å². The molecule has 0 aliphatic rings. The molecule has 0 amide bonds. The number of nitrogens with one attached hydrogen (secondary N) is 1. The van der Waals surface area contributed by atoms with Crippen molar-refractivity contribution in [2.24, 2.45) is 0 Å². The van der Waals surface area contributed by atoms with E-state index in [0.29, 0.717) is 0 Å². The van der Waals surface area contributed by atoms with Crippen molar-refractivity contribution in [2.75, 3.05) is 7.05 Å². The van der Waals surface area contributed by atoms with Crippen LogP contribution in [0.25, 0.3) is 0 Å². The van der Waals surface area contributed by atoms with E-state index in [1.165, 1.54) is 5.56 Å². The summed E-state index contributed by atoms with van der Waals surface area (Å²) in [5, 5.41) is 3.29. The number of hydrogen-bond acceptors (Lipinski definition) is 3. The van der Waals surface area contributed by atoms with Gasteiger partial charge in [0.15, 0.2) is 0 Å². The maximum absolute atomic E-state index is 5.12. The van der Waals surface area contributed by atoms with Crippen molar-refractivity contribution in [3.8, 4) is 0 Å². The topological polar surface area (TPSA) is 38.1 Å². The molecule has 0 aromatic carbocycles. The average molecular weight is 216 g/mol. The molecule has 0 aliphatic carbocycles. The van der Waals surface area contributed by atoms with Crippen LogP contribution in [0.2, 0.25) is 0 Å². The molecule has 0 bridgehead atoms. The van der Waals surface area contributed by atoms with E-state index >= 15 is 0 Å². The molecule has 16 heavy (non-hydrogen) atoms. The Morgan fingerprint density at radius 3 is 2.38 bits per heavy atom. The van der Waals surface area contributed by atoms with Crippen LogP contribution in [0.1, 0.15) is 28.6 Å². The molecule has 0 saturated carbocycles. The van der Waals surface area contributed by atoms with Gasteiger partial charge in [-0.1, -0.05) is 0 Å². The lowest BCUT2D eigenvalue weighted by Gasteiger charge is -2.15. The fraction of sp³-hybridized carbons (Fsp3) is 0.308. The maximum Gasteiger partial charge on any atom is 0.0953 e. The van der Waals surface area contributed by atoms with Crippen LogP contribution in [0.15, 0.2) is 35.1 Å². The molecule has 84 valence electrons. The van der Waals surface area contributed by atoms with E-state index in [1.54, 1.807) is 12.5 Å². The van der Waals surface area contributed by atoms with E-state index in [2.05, 4.69) is 22.4 Å². The van der Waals surface area contributed by atoms with Crippen LogP contribution in [0.3, 0.4) is 0 Å². The Morgan fingerprint density at radius 1 is 1.19 bits per heavy atom. The van der Waals surface area contributed by atoms with E-state index in [9.17, 15) is 0 Å². The van der Waals surface area contributed by atoms with Gasteiger partial charge in [-0.05, 0) is 44.7 Å². The molecule has 1 atom stereocenters. The Balaban J connectivity index is 2.41. The van der Waals surface area contributed by atoms with Gasteiger partial charge in [0.1, 0.15) is 0 Å². The summed E-state index contributed by atoms with van der Waals surface area (Å²) in [6, 6.07) is 6.34. The standard InChI is InChI=1S/C13H16N2O/c1-9-6-12(7-10(2)15-9)13(14-3)11-4-5-16-8-11/h4-8,13-14H,1-3H3. The van der Waals surface area contributed by atoms with Crippen LogP contribution in [0.5, 0.6) is 0 Å². The van der Waals surface area contributed by atoms with Crippen LogP contribution in [0, 0.1) is 13.8 Å². The van der Waals surface area contributed by atoms with E-state index in [-0.39, 0.29) is 6.04 Å². The van der Waals surface area contributed by atoms with Crippen molar-refractivity contribution in [1.82, 2.24) is 10.3 Å². The first-order valence-electron chi connectivity index (χ1n) is 5.35. The molecule has 0 fully saturated rings. The summed E-state index contributed by atoms with van der Waals surface area (Å²) < 4.78 is 5.12. The third-order valence-electron chi connectivity index (χ3n) is 2.60. The highest BCUT2D eigenvalue weighted by atomic mass is 16.3. The number of aryl methyl sites for hydroxylation is 2. The van der Waals surface area contributed by atoms with Crippen molar-refractivity contribution in [2.45, 2.75) is 19.9 Å². The maximum atomic E-state index is 5.12. The molecule has 0 radical (unpaired) electrons. The fourth-order valence-corrected chi connectivity index (χ4v) is 2.00. The molecule has 2 aromatic heterocycles. The van der Waals surface area contributed by atoms with Crippen molar-refractivity contribution in [1.29, 1.82) is 0 Å². The Morgan fingerprint density at radius 2 is 1.88 bits per heavy atom. The van der Waals surface area contributed by atoms with Gasteiger partial charge in [-0.25, -0.2) is 0 Å². The van der Waals surface area contributed by atoms with Gasteiger partial charge in [-0.2, -0.15) is 0 Å². The van der Waals surface area contributed by atoms with Crippen molar-refractivity contribution in [3.63, 3.8) is 0 Å². The van der Waals surface area contributed by atoms with Crippen molar-refractivity contribution in [3.05, 3.63) is 53.2 Å². The first-order valence-corrected chi connectivity index (χ1v) is 5.35. The zero-order chi connectivity index (χ0) is 11.5. The smallest absolute Gasteiger partial charge is 0.0953 e. The van der Waals surface area contributed by atoms with Crippen molar-refractivity contribution >= 4 is 0 Å². The number of aromatic nitrogens is 1. The lowest BCUT2D eigenvalue weighted by atomic mass is 10.0. The van der Waals surface area contributed by atoms with Gasteiger partial charge in [0, 0.05) is 17.0 Å². The Kier molecular flexibility index (Phi) is 3.06. The summed E-state index contributed by atoms with van der Waals surface area (Å²) >= 11 is 0. The molecular formula is C13H16N2O. The summed E-state index contributed by atoms with van der Waals surface area (Å²) in [4.78, 5) is 4.38. The van der Waals surface area contributed by atoms with Gasteiger partial charge in [0.25, 0.3) is 0 Å². The zero-order valence-corrected chi connectivity index (χ0v) is 9.82.